The van der Waals surface area contributed by atoms with E-state index in [1.165, 1.54) is 11.1 Å². The van der Waals surface area contributed by atoms with Crippen molar-refractivity contribution in [2.24, 2.45) is 5.92 Å². The maximum atomic E-state index is 5.95. The average molecular weight is 338 g/mol. The smallest absolute Gasteiger partial charge is 0.0785 e. The van der Waals surface area contributed by atoms with Crippen molar-refractivity contribution in [3.8, 4) is 0 Å². The summed E-state index contributed by atoms with van der Waals surface area (Å²) in [6.45, 7) is 3.08. The molecule has 1 saturated heterocycles. The highest BCUT2D eigenvalue weighted by Crippen LogP contribution is 2.34. The summed E-state index contributed by atoms with van der Waals surface area (Å²) in [6.07, 6.45) is 3.60. The Kier molecular flexibility index (Phi) is 4.37. The Labute approximate surface area is 147 Å². The number of hydrogen-bond donors (Lipinski definition) is 0. The molecule has 1 aliphatic rings. The quantitative estimate of drug-likeness (QED) is 0.693. The molecule has 3 nitrogen and oxygen atoms in total. The second-order valence-electron chi connectivity index (χ2n) is 6.42. The Morgan fingerprint density at radius 3 is 2.04 bits per heavy atom. The molecule has 0 bridgehead atoms. The topological polar surface area (TPSA) is 21.1 Å². The van der Waals surface area contributed by atoms with E-state index < -0.39 is 0 Å². The van der Waals surface area contributed by atoms with E-state index in [0.29, 0.717) is 17.0 Å². The summed E-state index contributed by atoms with van der Waals surface area (Å²) in [6, 6.07) is 21.8. The third-order valence-electron chi connectivity index (χ3n) is 4.63. The van der Waals surface area contributed by atoms with Crippen molar-refractivity contribution in [1.29, 1.82) is 0 Å². The van der Waals surface area contributed by atoms with Gasteiger partial charge in [-0.3, -0.25) is 9.58 Å². The number of halogens is 1. The van der Waals surface area contributed by atoms with E-state index >= 15 is 0 Å². The molecule has 2 heterocycles. The number of aromatic nitrogens is 2. The highest BCUT2D eigenvalue weighted by molar-refractivity contribution is 6.30. The Hall–Kier alpha value is -2.10. The SMILES string of the molecule is Clc1cnn(CC2CN(C(c3ccccc3)c3ccccc3)C2)c1. The molecule has 1 aliphatic heterocycles. The van der Waals surface area contributed by atoms with Gasteiger partial charge >= 0.3 is 0 Å². The Bertz CT molecular complexity index is 739. The van der Waals surface area contributed by atoms with Crippen molar-refractivity contribution in [2.75, 3.05) is 13.1 Å². The van der Waals surface area contributed by atoms with Crippen LogP contribution in [0.15, 0.2) is 73.1 Å². The lowest BCUT2D eigenvalue weighted by molar-refractivity contribution is 0.0560. The van der Waals surface area contributed by atoms with E-state index in [1.807, 2.05) is 10.9 Å². The van der Waals surface area contributed by atoms with Crippen LogP contribution in [0.1, 0.15) is 17.2 Å². The molecule has 1 aromatic heterocycles. The lowest BCUT2D eigenvalue weighted by atomic mass is 9.90. The largest absolute Gasteiger partial charge is 0.292 e. The molecule has 0 aliphatic carbocycles. The van der Waals surface area contributed by atoms with Gasteiger partial charge in [-0.15, -0.1) is 0 Å². The lowest BCUT2D eigenvalue weighted by Crippen LogP contribution is -2.50. The van der Waals surface area contributed by atoms with E-state index in [2.05, 4.69) is 70.7 Å². The van der Waals surface area contributed by atoms with Crippen molar-refractivity contribution in [3.05, 3.63) is 89.2 Å². The van der Waals surface area contributed by atoms with Gasteiger partial charge in [-0.1, -0.05) is 72.3 Å². The first-order valence-electron chi connectivity index (χ1n) is 8.31. The fourth-order valence-corrected chi connectivity index (χ4v) is 3.68. The highest BCUT2D eigenvalue weighted by atomic mass is 35.5. The molecule has 24 heavy (non-hydrogen) atoms. The van der Waals surface area contributed by atoms with Crippen LogP contribution in [0, 0.1) is 5.92 Å². The molecule has 2 aromatic carbocycles. The average Bonchev–Trinajstić information content (AvgIpc) is 3.00. The minimum absolute atomic E-state index is 0.324. The van der Waals surface area contributed by atoms with E-state index in [1.54, 1.807) is 6.20 Å². The van der Waals surface area contributed by atoms with Crippen LogP contribution in [0.25, 0.3) is 0 Å². The Morgan fingerprint density at radius 2 is 1.54 bits per heavy atom. The van der Waals surface area contributed by atoms with Gasteiger partial charge in [-0.2, -0.15) is 5.10 Å². The molecular weight excluding hydrogens is 318 g/mol. The van der Waals surface area contributed by atoms with Crippen LogP contribution in [0.4, 0.5) is 0 Å². The first kappa shape index (κ1) is 15.4. The van der Waals surface area contributed by atoms with E-state index in [9.17, 15) is 0 Å². The number of hydrogen-bond acceptors (Lipinski definition) is 2. The Morgan fingerprint density at radius 1 is 0.958 bits per heavy atom. The molecule has 4 heteroatoms. The molecule has 0 spiro atoms. The second-order valence-corrected chi connectivity index (χ2v) is 6.86. The monoisotopic (exact) mass is 337 g/mol. The highest BCUT2D eigenvalue weighted by Gasteiger charge is 2.34. The first-order chi connectivity index (χ1) is 11.8. The van der Waals surface area contributed by atoms with Crippen molar-refractivity contribution in [1.82, 2.24) is 14.7 Å². The molecule has 0 N–H and O–H groups in total. The molecular formula is C20H20ClN3. The van der Waals surface area contributed by atoms with E-state index in [0.717, 1.165) is 19.6 Å². The molecule has 0 atom stereocenters. The molecule has 122 valence electrons. The van der Waals surface area contributed by atoms with E-state index in [4.69, 9.17) is 11.6 Å². The van der Waals surface area contributed by atoms with Crippen LogP contribution in [0.5, 0.6) is 0 Å². The fourth-order valence-electron chi connectivity index (χ4n) is 3.52. The zero-order valence-electron chi connectivity index (χ0n) is 13.4. The van der Waals surface area contributed by atoms with Crippen LogP contribution in [-0.2, 0) is 6.54 Å². The van der Waals surface area contributed by atoms with Gasteiger partial charge in [0.1, 0.15) is 0 Å². The minimum Gasteiger partial charge on any atom is -0.292 e. The van der Waals surface area contributed by atoms with Gasteiger partial charge in [0.05, 0.1) is 17.3 Å². The van der Waals surface area contributed by atoms with Crippen LogP contribution < -0.4 is 0 Å². The molecule has 1 fully saturated rings. The van der Waals surface area contributed by atoms with Crippen LogP contribution in [-0.4, -0.2) is 27.8 Å². The molecule has 3 aromatic rings. The number of rotatable bonds is 5. The zero-order chi connectivity index (χ0) is 16.4. The third kappa shape index (κ3) is 3.23. The van der Waals surface area contributed by atoms with Crippen LogP contribution in [0.2, 0.25) is 5.02 Å². The lowest BCUT2D eigenvalue weighted by Gasteiger charge is -2.44. The number of likely N-dealkylation sites (tertiary alicyclic amines) is 1. The maximum Gasteiger partial charge on any atom is 0.0785 e. The van der Waals surface area contributed by atoms with E-state index in [-0.39, 0.29) is 0 Å². The molecule has 0 amide bonds. The Balaban J connectivity index is 1.49. The number of benzene rings is 2. The van der Waals surface area contributed by atoms with Crippen molar-refractivity contribution in [2.45, 2.75) is 12.6 Å². The van der Waals surface area contributed by atoms with Gasteiger partial charge in [0.15, 0.2) is 0 Å². The van der Waals surface area contributed by atoms with Gasteiger partial charge in [0, 0.05) is 31.7 Å². The maximum absolute atomic E-state index is 5.95. The van der Waals surface area contributed by atoms with Crippen molar-refractivity contribution >= 4 is 11.6 Å². The second kappa shape index (κ2) is 6.80. The van der Waals surface area contributed by atoms with Gasteiger partial charge in [0.2, 0.25) is 0 Å². The fraction of sp³-hybridized carbons (Fsp3) is 0.250. The first-order valence-corrected chi connectivity index (χ1v) is 8.69. The molecule has 0 unspecified atom stereocenters. The van der Waals surface area contributed by atoms with Crippen LogP contribution >= 0.6 is 11.6 Å². The van der Waals surface area contributed by atoms with Gasteiger partial charge < -0.3 is 0 Å². The summed E-state index contributed by atoms with van der Waals surface area (Å²) in [5.41, 5.74) is 2.70. The summed E-state index contributed by atoms with van der Waals surface area (Å²) >= 11 is 5.95. The summed E-state index contributed by atoms with van der Waals surface area (Å²) < 4.78 is 1.95. The summed E-state index contributed by atoms with van der Waals surface area (Å²) in [5, 5.41) is 5.00. The standard InChI is InChI=1S/C20H20ClN3/c21-19-11-22-24(15-19)14-16-12-23(13-16)20(17-7-3-1-4-8-17)18-9-5-2-6-10-18/h1-11,15-16,20H,12-14H2. The van der Waals surface area contributed by atoms with Crippen molar-refractivity contribution < 1.29 is 0 Å². The zero-order valence-corrected chi connectivity index (χ0v) is 14.2. The predicted molar refractivity (Wildman–Crippen MR) is 97.0 cm³/mol. The normalized spacial score (nSPS) is 15.6. The van der Waals surface area contributed by atoms with Gasteiger partial charge in [-0.05, 0) is 11.1 Å². The summed E-state index contributed by atoms with van der Waals surface area (Å²) in [4.78, 5) is 2.54. The number of nitrogens with zero attached hydrogens (tertiary/aromatic N) is 3. The van der Waals surface area contributed by atoms with Gasteiger partial charge in [-0.25, -0.2) is 0 Å². The molecule has 0 radical (unpaired) electrons. The minimum atomic E-state index is 0.324. The van der Waals surface area contributed by atoms with Gasteiger partial charge in [0.25, 0.3) is 0 Å². The third-order valence-corrected chi connectivity index (χ3v) is 4.82. The van der Waals surface area contributed by atoms with Crippen molar-refractivity contribution in [3.63, 3.8) is 0 Å². The molecule has 4 rings (SSSR count). The summed E-state index contributed by atoms with van der Waals surface area (Å²) in [5.74, 6) is 0.621. The molecule has 0 saturated carbocycles. The van der Waals surface area contributed by atoms with Crippen LogP contribution in [0.3, 0.4) is 0 Å². The summed E-state index contributed by atoms with van der Waals surface area (Å²) in [7, 11) is 0. The predicted octanol–water partition coefficient (Wildman–Crippen LogP) is 4.26.